The summed E-state index contributed by atoms with van der Waals surface area (Å²) in [7, 11) is 0. The average Bonchev–Trinajstić information content (AvgIpc) is 2.23. The Morgan fingerprint density at radius 3 is 2.64 bits per heavy atom. The second-order valence-electron chi connectivity index (χ2n) is 3.49. The highest BCUT2D eigenvalue weighted by atomic mass is 32.2. The lowest BCUT2D eigenvalue weighted by Gasteiger charge is -2.22. The lowest BCUT2D eigenvalue weighted by atomic mass is 10.2. The molecule has 74 valence electrons. The van der Waals surface area contributed by atoms with Crippen molar-refractivity contribution in [3.05, 3.63) is 40.8 Å². The molecule has 2 rings (SSSR count). The summed E-state index contributed by atoms with van der Waals surface area (Å²) in [6.07, 6.45) is 0. The number of allylic oxidation sites excluding steroid dienone is 1. The Kier molecular flexibility index (Phi) is 3.24. The van der Waals surface area contributed by atoms with Crippen molar-refractivity contribution < 1.29 is 0 Å². The number of benzene rings is 1. The molecule has 0 saturated heterocycles. The monoisotopic (exact) mass is 222 g/mol. The predicted octanol–water partition coefficient (Wildman–Crippen LogP) is 4.24. The minimum atomic E-state index is 0.735. The van der Waals surface area contributed by atoms with Crippen LogP contribution in [0.15, 0.2) is 35.2 Å². The molecule has 1 atom stereocenters. The fraction of sp³-hybridized carbons (Fsp3) is 0.333. The Morgan fingerprint density at radius 2 is 1.93 bits per heavy atom. The molecule has 0 aliphatic carbocycles. The standard InChI is InChI=1S/C12H14S2/c1-9-8-13-10(2)12(14-9)11-6-4-3-5-7-11/h3-7,9H,8H2,1-2H3. The van der Waals surface area contributed by atoms with E-state index in [2.05, 4.69) is 44.2 Å². The van der Waals surface area contributed by atoms with Crippen LogP contribution in [0.1, 0.15) is 19.4 Å². The van der Waals surface area contributed by atoms with E-state index in [1.807, 2.05) is 23.5 Å². The third-order valence-corrected chi connectivity index (χ3v) is 5.20. The van der Waals surface area contributed by atoms with Gasteiger partial charge in [0, 0.05) is 15.9 Å². The number of hydrogen-bond acceptors (Lipinski definition) is 2. The molecule has 1 aliphatic rings. The molecule has 0 nitrogen and oxygen atoms in total. The predicted molar refractivity (Wildman–Crippen MR) is 68.5 cm³/mol. The van der Waals surface area contributed by atoms with Gasteiger partial charge in [0.15, 0.2) is 0 Å². The van der Waals surface area contributed by atoms with E-state index in [-0.39, 0.29) is 0 Å². The van der Waals surface area contributed by atoms with Crippen molar-refractivity contribution in [2.45, 2.75) is 19.1 Å². The zero-order chi connectivity index (χ0) is 9.97. The molecule has 0 radical (unpaired) electrons. The van der Waals surface area contributed by atoms with Gasteiger partial charge in [-0.15, -0.1) is 23.5 Å². The first-order valence-electron chi connectivity index (χ1n) is 4.83. The van der Waals surface area contributed by atoms with E-state index in [1.165, 1.54) is 21.1 Å². The van der Waals surface area contributed by atoms with Crippen LogP contribution in [0.3, 0.4) is 0 Å². The van der Waals surface area contributed by atoms with Crippen LogP contribution in [0.2, 0.25) is 0 Å². The topological polar surface area (TPSA) is 0 Å². The van der Waals surface area contributed by atoms with E-state index in [0.29, 0.717) is 0 Å². The van der Waals surface area contributed by atoms with Crippen LogP contribution in [0.4, 0.5) is 0 Å². The third-order valence-electron chi connectivity index (χ3n) is 2.21. The highest BCUT2D eigenvalue weighted by Gasteiger charge is 2.17. The van der Waals surface area contributed by atoms with Crippen molar-refractivity contribution in [2.75, 3.05) is 5.75 Å². The minimum absolute atomic E-state index is 0.735. The molecule has 0 fully saturated rings. The first kappa shape index (κ1) is 10.2. The second-order valence-corrected chi connectivity index (χ2v) is 6.17. The summed E-state index contributed by atoms with van der Waals surface area (Å²) in [5.41, 5.74) is 1.37. The van der Waals surface area contributed by atoms with Gasteiger partial charge in [0.25, 0.3) is 0 Å². The first-order chi connectivity index (χ1) is 6.77. The maximum absolute atomic E-state index is 2.30. The third kappa shape index (κ3) is 2.18. The summed E-state index contributed by atoms with van der Waals surface area (Å²) < 4.78 is 0. The second kappa shape index (κ2) is 4.45. The van der Waals surface area contributed by atoms with Crippen molar-refractivity contribution in [3.63, 3.8) is 0 Å². The molecule has 0 bridgehead atoms. The zero-order valence-corrected chi connectivity index (χ0v) is 10.1. The van der Waals surface area contributed by atoms with Gasteiger partial charge in [-0.3, -0.25) is 0 Å². The lowest BCUT2D eigenvalue weighted by molar-refractivity contribution is 1.14. The van der Waals surface area contributed by atoms with Gasteiger partial charge in [-0.1, -0.05) is 37.3 Å². The van der Waals surface area contributed by atoms with Gasteiger partial charge in [0.1, 0.15) is 0 Å². The first-order valence-corrected chi connectivity index (χ1v) is 6.69. The van der Waals surface area contributed by atoms with E-state index >= 15 is 0 Å². The summed E-state index contributed by atoms with van der Waals surface area (Å²) >= 11 is 3.99. The number of hydrogen-bond donors (Lipinski definition) is 0. The molecule has 1 unspecified atom stereocenters. The Bertz CT molecular complexity index is 341. The number of thioether (sulfide) groups is 2. The molecular weight excluding hydrogens is 208 g/mol. The largest absolute Gasteiger partial charge is 0.129 e. The molecule has 14 heavy (non-hydrogen) atoms. The van der Waals surface area contributed by atoms with E-state index in [9.17, 15) is 0 Å². The number of rotatable bonds is 1. The molecule has 1 aliphatic heterocycles. The van der Waals surface area contributed by atoms with E-state index in [4.69, 9.17) is 0 Å². The van der Waals surface area contributed by atoms with E-state index in [1.54, 1.807) is 0 Å². The zero-order valence-electron chi connectivity index (χ0n) is 8.49. The quantitative estimate of drug-likeness (QED) is 0.697. The molecule has 1 heterocycles. The molecule has 1 aromatic rings. The SMILES string of the molecule is CC1=C(c2ccccc2)SC(C)CS1. The molecule has 0 spiro atoms. The van der Waals surface area contributed by atoms with Crippen LogP contribution < -0.4 is 0 Å². The van der Waals surface area contributed by atoms with Gasteiger partial charge in [0.2, 0.25) is 0 Å². The van der Waals surface area contributed by atoms with Crippen LogP contribution in [0, 0.1) is 0 Å². The van der Waals surface area contributed by atoms with Crippen LogP contribution in [0.25, 0.3) is 4.91 Å². The Labute approximate surface area is 94.2 Å². The molecule has 0 N–H and O–H groups in total. The van der Waals surface area contributed by atoms with Crippen molar-refractivity contribution in [3.8, 4) is 0 Å². The van der Waals surface area contributed by atoms with Crippen LogP contribution in [-0.2, 0) is 0 Å². The maximum atomic E-state index is 2.30. The summed E-state index contributed by atoms with van der Waals surface area (Å²) in [5.74, 6) is 1.24. The summed E-state index contributed by atoms with van der Waals surface area (Å²) in [6.45, 7) is 4.53. The molecule has 0 aromatic heterocycles. The normalized spacial score (nSPS) is 22.6. The van der Waals surface area contributed by atoms with Crippen molar-refractivity contribution in [1.82, 2.24) is 0 Å². The van der Waals surface area contributed by atoms with Crippen LogP contribution in [-0.4, -0.2) is 11.0 Å². The smallest absolute Gasteiger partial charge is 0.0240 e. The fourth-order valence-electron chi connectivity index (χ4n) is 1.49. The Morgan fingerprint density at radius 1 is 1.21 bits per heavy atom. The van der Waals surface area contributed by atoms with Gasteiger partial charge in [-0.2, -0.15) is 0 Å². The van der Waals surface area contributed by atoms with Crippen molar-refractivity contribution in [1.29, 1.82) is 0 Å². The summed E-state index contributed by atoms with van der Waals surface area (Å²) in [4.78, 5) is 2.94. The highest BCUT2D eigenvalue weighted by Crippen LogP contribution is 2.43. The van der Waals surface area contributed by atoms with E-state index < -0.39 is 0 Å². The molecule has 0 saturated carbocycles. The van der Waals surface area contributed by atoms with Gasteiger partial charge in [0.05, 0.1) is 0 Å². The molecule has 0 amide bonds. The summed E-state index contributed by atoms with van der Waals surface area (Å²) in [6, 6.07) is 10.7. The average molecular weight is 222 g/mol. The van der Waals surface area contributed by atoms with Crippen LogP contribution in [0.5, 0.6) is 0 Å². The Hall–Kier alpha value is -0.340. The fourth-order valence-corrected chi connectivity index (χ4v) is 3.86. The van der Waals surface area contributed by atoms with Gasteiger partial charge >= 0.3 is 0 Å². The highest BCUT2D eigenvalue weighted by molar-refractivity contribution is 8.14. The Balaban J connectivity index is 2.33. The maximum Gasteiger partial charge on any atom is 0.0240 e. The van der Waals surface area contributed by atoms with E-state index in [0.717, 1.165) is 5.25 Å². The minimum Gasteiger partial charge on any atom is -0.129 e. The van der Waals surface area contributed by atoms with Gasteiger partial charge in [-0.05, 0) is 17.4 Å². The lowest BCUT2D eigenvalue weighted by Crippen LogP contribution is -2.05. The van der Waals surface area contributed by atoms with Gasteiger partial charge in [-0.25, -0.2) is 0 Å². The van der Waals surface area contributed by atoms with Crippen molar-refractivity contribution in [2.24, 2.45) is 0 Å². The van der Waals surface area contributed by atoms with Gasteiger partial charge < -0.3 is 0 Å². The molecular formula is C12H14S2. The van der Waals surface area contributed by atoms with Crippen molar-refractivity contribution >= 4 is 28.4 Å². The molecule has 1 aromatic carbocycles. The summed E-state index contributed by atoms with van der Waals surface area (Å²) in [5, 5.41) is 0.735. The molecule has 2 heteroatoms. The van der Waals surface area contributed by atoms with Crippen LogP contribution >= 0.6 is 23.5 Å².